The van der Waals surface area contributed by atoms with Crippen molar-refractivity contribution in [1.82, 2.24) is 0 Å². The van der Waals surface area contributed by atoms with Crippen LogP contribution in [0.5, 0.6) is 5.75 Å². The molecule has 0 fully saturated rings. The van der Waals surface area contributed by atoms with Crippen molar-refractivity contribution in [3.8, 4) is 5.75 Å². The number of hydrogen-bond donors (Lipinski definition) is 1. The lowest BCUT2D eigenvalue weighted by Gasteiger charge is -2.24. The maximum absolute atomic E-state index is 13.5. The number of Topliss-reactive ketones (excluding diaryl/α,β-unsaturated/α-hetero) is 1. The van der Waals surface area contributed by atoms with Gasteiger partial charge in [0.25, 0.3) is 10.0 Å². The standard InChI is InChI=1S/C25H26N2O5S/c1-4-32-23-12-10-22(11-13-23)27(33(30,31)24-14-8-18(2)9-15-24)17-25(29)26-21-7-5-6-20(16-21)19(3)28/h5-16H,4,17H2,1-3H3,(H,26,29). The van der Waals surface area contributed by atoms with E-state index in [0.29, 0.717) is 29.3 Å². The van der Waals surface area contributed by atoms with Gasteiger partial charge in [-0.3, -0.25) is 13.9 Å². The monoisotopic (exact) mass is 466 g/mol. The lowest BCUT2D eigenvalue weighted by Crippen LogP contribution is -2.38. The Hall–Kier alpha value is -3.65. The Morgan fingerprint density at radius 1 is 0.970 bits per heavy atom. The number of rotatable bonds is 9. The van der Waals surface area contributed by atoms with E-state index in [-0.39, 0.29) is 10.7 Å². The number of ketones is 1. The molecule has 0 aliphatic heterocycles. The molecule has 8 heteroatoms. The third kappa shape index (κ3) is 5.98. The molecular weight excluding hydrogens is 440 g/mol. The zero-order chi connectivity index (χ0) is 24.0. The first-order valence-electron chi connectivity index (χ1n) is 10.4. The molecule has 0 atom stereocenters. The highest BCUT2D eigenvalue weighted by Crippen LogP contribution is 2.26. The van der Waals surface area contributed by atoms with E-state index in [9.17, 15) is 18.0 Å². The molecule has 0 spiro atoms. The van der Waals surface area contributed by atoms with Crippen LogP contribution in [-0.4, -0.2) is 33.3 Å². The van der Waals surface area contributed by atoms with Crippen LogP contribution in [-0.2, 0) is 14.8 Å². The van der Waals surface area contributed by atoms with Crippen LogP contribution in [0, 0.1) is 6.92 Å². The molecule has 0 unspecified atom stereocenters. The highest BCUT2D eigenvalue weighted by Gasteiger charge is 2.27. The summed E-state index contributed by atoms with van der Waals surface area (Å²) in [5.41, 5.74) is 2.10. The fourth-order valence-electron chi connectivity index (χ4n) is 3.17. The molecule has 33 heavy (non-hydrogen) atoms. The van der Waals surface area contributed by atoms with Crippen molar-refractivity contribution in [1.29, 1.82) is 0 Å². The number of nitrogens with zero attached hydrogens (tertiary/aromatic N) is 1. The summed E-state index contributed by atoms with van der Waals surface area (Å²) in [6, 6.07) is 19.4. The van der Waals surface area contributed by atoms with Crippen molar-refractivity contribution in [2.45, 2.75) is 25.7 Å². The Balaban J connectivity index is 1.92. The van der Waals surface area contributed by atoms with Crippen molar-refractivity contribution >= 4 is 33.1 Å². The van der Waals surface area contributed by atoms with Gasteiger partial charge in [-0.1, -0.05) is 29.8 Å². The highest BCUT2D eigenvalue weighted by molar-refractivity contribution is 7.92. The molecule has 0 aromatic heterocycles. The average molecular weight is 467 g/mol. The molecule has 1 amide bonds. The van der Waals surface area contributed by atoms with Crippen LogP contribution in [0.4, 0.5) is 11.4 Å². The minimum atomic E-state index is -4.03. The Morgan fingerprint density at radius 2 is 1.64 bits per heavy atom. The molecule has 172 valence electrons. The lowest BCUT2D eigenvalue weighted by molar-refractivity contribution is -0.114. The van der Waals surface area contributed by atoms with Gasteiger partial charge in [0, 0.05) is 11.3 Å². The first kappa shape index (κ1) is 24.0. The van der Waals surface area contributed by atoms with Gasteiger partial charge in [-0.05, 0) is 69.3 Å². The first-order valence-corrected chi connectivity index (χ1v) is 11.9. The fraction of sp³-hybridized carbons (Fsp3) is 0.200. The van der Waals surface area contributed by atoms with E-state index in [4.69, 9.17) is 4.74 Å². The SMILES string of the molecule is CCOc1ccc(N(CC(=O)Nc2cccc(C(C)=O)c2)S(=O)(=O)c2ccc(C)cc2)cc1. The summed E-state index contributed by atoms with van der Waals surface area (Å²) in [6.07, 6.45) is 0. The molecule has 3 aromatic rings. The Morgan fingerprint density at radius 3 is 2.24 bits per heavy atom. The van der Waals surface area contributed by atoms with E-state index in [1.165, 1.54) is 19.1 Å². The maximum Gasteiger partial charge on any atom is 0.264 e. The largest absolute Gasteiger partial charge is 0.494 e. The number of nitrogens with one attached hydrogen (secondary N) is 1. The van der Waals surface area contributed by atoms with Gasteiger partial charge in [-0.15, -0.1) is 0 Å². The number of ether oxygens (including phenoxy) is 1. The summed E-state index contributed by atoms with van der Waals surface area (Å²) < 4.78 is 33.4. The topological polar surface area (TPSA) is 92.8 Å². The number of hydrogen-bond acceptors (Lipinski definition) is 5. The summed E-state index contributed by atoms with van der Waals surface area (Å²) in [4.78, 5) is 24.6. The number of amides is 1. The van der Waals surface area contributed by atoms with Crippen LogP contribution in [0.2, 0.25) is 0 Å². The van der Waals surface area contributed by atoms with Crippen LogP contribution in [0.15, 0.2) is 77.7 Å². The van der Waals surface area contributed by atoms with Gasteiger partial charge < -0.3 is 10.1 Å². The second-order valence-electron chi connectivity index (χ2n) is 7.44. The second kappa shape index (κ2) is 10.3. The quantitative estimate of drug-likeness (QED) is 0.471. The number of carbonyl (C=O) groups excluding carboxylic acids is 2. The molecule has 1 N–H and O–H groups in total. The number of anilines is 2. The van der Waals surface area contributed by atoms with E-state index in [1.54, 1.807) is 60.7 Å². The lowest BCUT2D eigenvalue weighted by atomic mass is 10.1. The van der Waals surface area contributed by atoms with Crippen molar-refractivity contribution in [3.05, 3.63) is 83.9 Å². The van der Waals surface area contributed by atoms with Crippen molar-refractivity contribution in [3.63, 3.8) is 0 Å². The molecule has 3 rings (SSSR count). The number of sulfonamides is 1. The predicted molar refractivity (Wildman–Crippen MR) is 128 cm³/mol. The zero-order valence-electron chi connectivity index (χ0n) is 18.7. The Kier molecular flexibility index (Phi) is 7.50. The van der Waals surface area contributed by atoms with E-state index < -0.39 is 22.5 Å². The molecule has 3 aromatic carbocycles. The van der Waals surface area contributed by atoms with Gasteiger partial charge in [0.1, 0.15) is 12.3 Å². The molecule has 0 heterocycles. The van der Waals surface area contributed by atoms with E-state index >= 15 is 0 Å². The molecule has 0 radical (unpaired) electrons. The Labute approximate surface area is 194 Å². The molecule has 7 nitrogen and oxygen atoms in total. The Bertz CT molecular complexity index is 1240. The van der Waals surface area contributed by atoms with E-state index in [0.717, 1.165) is 9.87 Å². The van der Waals surface area contributed by atoms with Crippen molar-refractivity contribution in [2.24, 2.45) is 0 Å². The fourth-order valence-corrected chi connectivity index (χ4v) is 4.60. The van der Waals surface area contributed by atoms with E-state index in [1.807, 2.05) is 13.8 Å². The van der Waals surface area contributed by atoms with Crippen LogP contribution in [0.1, 0.15) is 29.8 Å². The van der Waals surface area contributed by atoms with Gasteiger partial charge in [0.15, 0.2) is 5.78 Å². The molecule has 0 aliphatic carbocycles. The molecule has 0 aliphatic rings. The van der Waals surface area contributed by atoms with Crippen LogP contribution in [0.3, 0.4) is 0 Å². The summed E-state index contributed by atoms with van der Waals surface area (Å²) in [5, 5.41) is 2.68. The minimum absolute atomic E-state index is 0.0772. The smallest absolute Gasteiger partial charge is 0.264 e. The number of carbonyl (C=O) groups is 2. The third-order valence-electron chi connectivity index (χ3n) is 4.88. The predicted octanol–water partition coefficient (Wildman–Crippen LogP) is 4.43. The van der Waals surface area contributed by atoms with Gasteiger partial charge in [-0.25, -0.2) is 8.42 Å². The van der Waals surface area contributed by atoms with Crippen LogP contribution in [0.25, 0.3) is 0 Å². The van der Waals surface area contributed by atoms with Gasteiger partial charge >= 0.3 is 0 Å². The van der Waals surface area contributed by atoms with Gasteiger partial charge in [-0.2, -0.15) is 0 Å². The highest BCUT2D eigenvalue weighted by atomic mass is 32.2. The minimum Gasteiger partial charge on any atom is -0.494 e. The second-order valence-corrected chi connectivity index (χ2v) is 9.30. The maximum atomic E-state index is 13.5. The summed E-state index contributed by atoms with van der Waals surface area (Å²) in [7, 11) is -4.03. The average Bonchev–Trinajstić information content (AvgIpc) is 2.79. The van der Waals surface area contributed by atoms with Gasteiger partial charge in [0.05, 0.1) is 17.2 Å². The van der Waals surface area contributed by atoms with Gasteiger partial charge in [0.2, 0.25) is 5.91 Å². The number of aryl methyl sites for hydroxylation is 1. The normalized spacial score (nSPS) is 11.0. The summed E-state index contributed by atoms with van der Waals surface area (Å²) in [6.45, 7) is 5.18. The van der Waals surface area contributed by atoms with Crippen molar-refractivity contribution < 1.29 is 22.7 Å². The zero-order valence-corrected chi connectivity index (χ0v) is 19.6. The first-order chi connectivity index (χ1) is 15.7. The van der Waals surface area contributed by atoms with Crippen molar-refractivity contribution in [2.75, 3.05) is 22.8 Å². The summed E-state index contributed by atoms with van der Waals surface area (Å²) in [5.74, 6) is -0.0798. The molecule has 0 bridgehead atoms. The summed E-state index contributed by atoms with van der Waals surface area (Å²) >= 11 is 0. The third-order valence-corrected chi connectivity index (χ3v) is 6.67. The van der Waals surface area contributed by atoms with Crippen LogP contribution >= 0.6 is 0 Å². The molecular formula is C25H26N2O5S. The molecule has 0 saturated heterocycles. The van der Waals surface area contributed by atoms with Crippen LogP contribution < -0.4 is 14.4 Å². The number of benzene rings is 3. The molecule has 0 saturated carbocycles. The van der Waals surface area contributed by atoms with E-state index in [2.05, 4.69) is 5.32 Å².